The third kappa shape index (κ3) is 5.00. The van der Waals surface area contributed by atoms with Crippen molar-refractivity contribution >= 4 is 35.0 Å². The lowest BCUT2D eigenvalue weighted by atomic mass is 10.1. The van der Waals surface area contributed by atoms with Crippen LogP contribution in [0, 0.1) is 11.3 Å². The molecule has 1 aliphatic rings. The van der Waals surface area contributed by atoms with Crippen LogP contribution in [0.5, 0.6) is 0 Å². The fourth-order valence-corrected chi connectivity index (χ4v) is 4.95. The van der Waals surface area contributed by atoms with Gasteiger partial charge < -0.3 is 5.32 Å². The normalized spacial score (nSPS) is 16.9. The molecule has 0 spiro atoms. The zero-order chi connectivity index (χ0) is 23.2. The number of nitrogens with zero attached hydrogens (tertiary/aromatic N) is 2. The van der Waals surface area contributed by atoms with Crippen LogP contribution in [0.15, 0.2) is 95.5 Å². The minimum Gasteiger partial charge on any atom is -0.321 e. The van der Waals surface area contributed by atoms with Crippen LogP contribution in [0.25, 0.3) is 0 Å². The third-order valence-electron chi connectivity index (χ3n) is 5.40. The smallest absolute Gasteiger partial charge is 0.269 e. The highest BCUT2D eigenvalue weighted by molar-refractivity contribution is 8.05. The van der Waals surface area contributed by atoms with Crippen molar-refractivity contribution in [2.24, 2.45) is 0 Å². The van der Waals surface area contributed by atoms with E-state index in [1.165, 1.54) is 22.2 Å². The molecule has 0 aliphatic carbocycles. The first-order valence-electron chi connectivity index (χ1n) is 10.7. The number of hydrogen-bond donors (Lipinski definition) is 1. The topological polar surface area (TPSA) is 73.2 Å². The Hall–Kier alpha value is -3.82. The zero-order valence-electron chi connectivity index (χ0n) is 18.2. The van der Waals surface area contributed by atoms with Crippen LogP contribution < -0.4 is 10.2 Å². The molecule has 1 atom stereocenters. The zero-order valence-corrected chi connectivity index (χ0v) is 19.0. The second-order valence-corrected chi connectivity index (χ2v) is 8.79. The number of nitrogens with one attached hydrogen (secondary N) is 1. The molecule has 1 N–H and O–H groups in total. The quantitative estimate of drug-likeness (QED) is 0.405. The van der Waals surface area contributed by atoms with Gasteiger partial charge in [-0.2, -0.15) is 5.26 Å². The first kappa shape index (κ1) is 22.4. The van der Waals surface area contributed by atoms with E-state index in [0.29, 0.717) is 22.8 Å². The predicted octanol–water partition coefficient (Wildman–Crippen LogP) is 5.31. The van der Waals surface area contributed by atoms with Gasteiger partial charge in [0.15, 0.2) is 0 Å². The molecule has 1 unspecified atom stereocenters. The van der Waals surface area contributed by atoms with Crippen LogP contribution in [0.4, 0.5) is 11.4 Å². The second-order valence-electron chi connectivity index (χ2n) is 7.60. The van der Waals surface area contributed by atoms with Crippen LogP contribution in [0.3, 0.4) is 0 Å². The van der Waals surface area contributed by atoms with Gasteiger partial charge in [0.2, 0.25) is 5.91 Å². The molecule has 0 bridgehead atoms. The summed E-state index contributed by atoms with van der Waals surface area (Å²) >= 11 is 1.27. The Kier molecular flexibility index (Phi) is 6.92. The third-order valence-corrected chi connectivity index (χ3v) is 6.67. The fraction of sp³-hybridized carbons (Fsp3) is 0.148. The summed E-state index contributed by atoms with van der Waals surface area (Å²) in [5.41, 5.74) is 3.42. The van der Waals surface area contributed by atoms with Crippen molar-refractivity contribution in [2.45, 2.75) is 25.0 Å². The highest BCUT2D eigenvalue weighted by Gasteiger charge is 2.40. The Morgan fingerprint density at radius 1 is 0.970 bits per heavy atom. The summed E-state index contributed by atoms with van der Waals surface area (Å²) in [5.74, 6) is -0.672. The molecule has 5 nitrogen and oxygen atoms in total. The van der Waals surface area contributed by atoms with Gasteiger partial charge in [-0.1, -0.05) is 79.3 Å². The number of carbonyl (C=O) groups excluding carboxylic acids is 2. The lowest BCUT2D eigenvalue weighted by Crippen LogP contribution is -2.30. The van der Waals surface area contributed by atoms with Gasteiger partial charge in [-0.3, -0.25) is 14.5 Å². The van der Waals surface area contributed by atoms with E-state index in [0.717, 1.165) is 12.0 Å². The number of carbonyl (C=O) groups is 2. The van der Waals surface area contributed by atoms with Crippen molar-refractivity contribution in [3.63, 3.8) is 0 Å². The van der Waals surface area contributed by atoms with Crippen molar-refractivity contribution in [3.8, 4) is 6.07 Å². The Labute approximate surface area is 197 Å². The van der Waals surface area contributed by atoms with Crippen LogP contribution >= 0.6 is 11.8 Å². The molecule has 4 rings (SSSR count). The summed E-state index contributed by atoms with van der Waals surface area (Å²) < 4.78 is 0. The molecule has 0 aromatic heterocycles. The van der Waals surface area contributed by atoms with Crippen molar-refractivity contribution in [1.29, 1.82) is 5.26 Å². The minimum atomic E-state index is -0.534. The average Bonchev–Trinajstić information content (AvgIpc) is 3.16. The van der Waals surface area contributed by atoms with Gasteiger partial charge in [0, 0.05) is 11.4 Å². The van der Waals surface area contributed by atoms with Crippen molar-refractivity contribution < 1.29 is 9.59 Å². The number of para-hydroxylation sites is 2. The molecule has 1 fully saturated rings. The lowest BCUT2D eigenvalue weighted by molar-refractivity contribution is -0.117. The average molecular weight is 454 g/mol. The Morgan fingerprint density at radius 3 is 2.18 bits per heavy atom. The molecule has 2 amide bonds. The minimum absolute atomic E-state index is 0.0788. The van der Waals surface area contributed by atoms with Crippen LogP contribution in [-0.2, 0) is 22.4 Å². The van der Waals surface area contributed by atoms with Crippen molar-refractivity contribution in [3.05, 3.63) is 107 Å². The second kappa shape index (κ2) is 10.2. The Balaban J connectivity index is 1.69. The summed E-state index contributed by atoms with van der Waals surface area (Å²) in [6.07, 6.45) is 1.47. The summed E-state index contributed by atoms with van der Waals surface area (Å²) in [7, 11) is 0. The predicted molar refractivity (Wildman–Crippen MR) is 133 cm³/mol. The van der Waals surface area contributed by atoms with Crippen molar-refractivity contribution in [1.82, 2.24) is 0 Å². The Morgan fingerprint density at radius 2 is 1.58 bits per heavy atom. The summed E-state index contributed by atoms with van der Waals surface area (Å²) in [6, 6.07) is 28.3. The molecule has 3 aromatic carbocycles. The summed E-state index contributed by atoms with van der Waals surface area (Å²) in [6.45, 7) is 2.10. The maximum atomic E-state index is 13.5. The molecule has 1 heterocycles. The number of benzene rings is 3. The first-order valence-corrected chi connectivity index (χ1v) is 11.6. The largest absolute Gasteiger partial charge is 0.321 e. The van der Waals surface area contributed by atoms with Crippen molar-refractivity contribution in [2.75, 3.05) is 10.2 Å². The van der Waals surface area contributed by atoms with Gasteiger partial charge >= 0.3 is 0 Å². The Bertz CT molecular complexity index is 1220. The van der Waals surface area contributed by atoms with Gasteiger partial charge in [-0.25, -0.2) is 0 Å². The summed E-state index contributed by atoms with van der Waals surface area (Å²) in [5, 5.41) is 12.6. The number of thioether (sulfide) groups is 1. The molecule has 3 aromatic rings. The highest BCUT2D eigenvalue weighted by Crippen LogP contribution is 2.42. The van der Waals surface area contributed by atoms with Gasteiger partial charge in [0.05, 0.1) is 5.25 Å². The van der Waals surface area contributed by atoms with E-state index >= 15 is 0 Å². The van der Waals surface area contributed by atoms with Gasteiger partial charge in [0.1, 0.15) is 16.7 Å². The maximum Gasteiger partial charge on any atom is 0.269 e. The first-order chi connectivity index (χ1) is 16.1. The lowest BCUT2D eigenvalue weighted by Gasteiger charge is -2.18. The van der Waals surface area contributed by atoms with E-state index in [1.54, 1.807) is 36.4 Å². The van der Waals surface area contributed by atoms with Gasteiger partial charge in [-0.15, -0.1) is 0 Å². The van der Waals surface area contributed by atoms with E-state index in [9.17, 15) is 14.9 Å². The van der Waals surface area contributed by atoms with E-state index in [1.807, 2.05) is 42.5 Å². The van der Waals surface area contributed by atoms with E-state index in [4.69, 9.17) is 0 Å². The molecule has 33 heavy (non-hydrogen) atoms. The van der Waals surface area contributed by atoms with E-state index in [2.05, 4.69) is 24.4 Å². The highest BCUT2D eigenvalue weighted by atomic mass is 32.2. The molecule has 164 valence electrons. The van der Waals surface area contributed by atoms with Gasteiger partial charge in [0.25, 0.3) is 5.91 Å². The van der Waals surface area contributed by atoms with Crippen LogP contribution in [-0.4, -0.2) is 17.1 Å². The monoisotopic (exact) mass is 453 g/mol. The SMILES string of the molecule is CCc1ccc(CC2S/C(=C(\C#N)C(=O)Nc3ccccc3)N(c3ccccc3)C2=O)cc1. The fourth-order valence-electron chi connectivity index (χ4n) is 3.64. The van der Waals surface area contributed by atoms with E-state index in [-0.39, 0.29) is 11.5 Å². The molecular formula is C27H23N3O2S. The van der Waals surface area contributed by atoms with E-state index < -0.39 is 11.2 Å². The number of aryl methyl sites for hydroxylation is 1. The van der Waals surface area contributed by atoms with Crippen LogP contribution in [0.2, 0.25) is 0 Å². The number of hydrogen-bond acceptors (Lipinski definition) is 4. The number of rotatable bonds is 6. The van der Waals surface area contributed by atoms with Crippen LogP contribution in [0.1, 0.15) is 18.1 Å². The standard InChI is InChI=1S/C27H23N3O2S/c1-2-19-13-15-20(16-14-19)17-24-26(32)30(22-11-7-4-8-12-22)27(33-24)23(18-28)25(31)29-21-9-5-3-6-10-21/h3-16,24H,2,17H2,1H3,(H,29,31)/b27-23+. The molecule has 0 saturated carbocycles. The molecular weight excluding hydrogens is 430 g/mol. The molecule has 6 heteroatoms. The maximum absolute atomic E-state index is 13.5. The number of anilines is 2. The number of amides is 2. The molecule has 1 saturated heterocycles. The number of nitriles is 1. The molecule has 0 radical (unpaired) electrons. The molecule has 1 aliphatic heterocycles. The van der Waals surface area contributed by atoms with Gasteiger partial charge in [-0.05, 0) is 48.2 Å². The summed E-state index contributed by atoms with van der Waals surface area (Å²) in [4.78, 5) is 28.0.